The molecular weight excluding hydrogens is 422 g/mol. The first-order valence-corrected chi connectivity index (χ1v) is 9.56. The summed E-state index contributed by atoms with van der Waals surface area (Å²) in [6, 6.07) is 8.84. The third-order valence-corrected chi connectivity index (χ3v) is 5.29. The van der Waals surface area contributed by atoms with Crippen molar-refractivity contribution in [3.05, 3.63) is 70.5 Å². The van der Waals surface area contributed by atoms with Gasteiger partial charge in [0.2, 0.25) is 5.91 Å². The van der Waals surface area contributed by atoms with Crippen molar-refractivity contribution in [2.45, 2.75) is 43.1 Å². The fourth-order valence-electron chi connectivity index (χ4n) is 3.06. The van der Waals surface area contributed by atoms with E-state index in [4.69, 9.17) is 11.6 Å². The van der Waals surface area contributed by atoms with Crippen molar-refractivity contribution in [3.63, 3.8) is 0 Å². The fourth-order valence-corrected chi connectivity index (χ4v) is 3.27. The fraction of sp³-hybridized carbons (Fsp3) is 0.333. The SMILES string of the molecule is N#CC1(NC(=O)[C@H](Cc2ccccc2Cl)NC(c2ccc(F)cc2)C(F)(F)F)CC1. The molecule has 0 heterocycles. The van der Waals surface area contributed by atoms with E-state index in [1.165, 1.54) is 0 Å². The molecule has 1 unspecified atom stereocenters. The molecule has 9 heteroatoms. The number of hydrogen-bond acceptors (Lipinski definition) is 3. The van der Waals surface area contributed by atoms with E-state index in [0.717, 1.165) is 24.3 Å². The number of halogens is 5. The van der Waals surface area contributed by atoms with Crippen LogP contribution in [0.25, 0.3) is 0 Å². The molecule has 4 nitrogen and oxygen atoms in total. The molecule has 0 bridgehead atoms. The molecule has 1 aliphatic carbocycles. The number of amides is 1. The standard InChI is InChI=1S/C21H18ClF4N3O/c22-16-4-2-1-3-14(16)11-17(19(30)29-20(12-27)9-10-20)28-18(21(24,25)26)13-5-7-15(23)8-6-13/h1-8,17-18,28H,9-11H2,(H,29,30)/t17-,18?/m0/s1. The van der Waals surface area contributed by atoms with Crippen molar-refractivity contribution in [1.29, 1.82) is 5.26 Å². The monoisotopic (exact) mass is 439 g/mol. The predicted molar refractivity (Wildman–Crippen MR) is 103 cm³/mol. The summed E-state index contributed by atoms with van der Waals surface area (Å²) in [7, 11) is 0. The van der Waals surface area contributed by atoms with Gasteiger partial charge in [-0.1, -0.05) is 41.9 Å². The van der Waals surface area contributed by atoms with E-state index in [1.54, 1.807) is 24.3 Å². The molecule has 0 radical (unpaired) electrons. The maximum absolute atomic E-state index is 13.8. The molecule has 0 saturated heterocycles. The van der Waals surface area contributed by atoms with Gasteiger partial charge in [-0.15, -0.1) is 0 Å². The van der Waals surface area contributed by atoms with Crippen LogP contribution in [0.3, 0.4) is 0 Å². The summed E-state index contributed by atoms with van der Waals surface area (Å²) in [6.07, 6.45) is -3.99. The highest BCUT2D eigenvalue weighted by Gasteiger charge is 2.47. The molecule has 1 saturated carbocycles. The lowest BCUT2D eigenvalue weighted by atomic mass is 10.0. The molecule has 2 aromatic carbocycles. The topological polar surface area (TPSA) is 64.9 Å². The van der Waals surface area contributed by atoms with E-state index < -0.39 is 35.5 Å². The van der Waals surface area contributed by atoms with Crippen molar-refractivity contribution in [3.8, 4) is 6.07 Å². The Morgan fingerprint density at radius 2 is 1.80 bits per heavy atom. The van der Waals surface area contributed by atoms with Gasteiger partial charge in [0.15, 0.2) is 0 Å². The van der Waals surface area contributed by atoms with E-state index in [0.29, 0.717) is 23.4 Å². The Bertz CT molecular complexity index is 952. The summed E-state index contributed by atoms with van der Waals surface area (Å²) in [5.74, 6) is -1.40. The average molecular weight is 440 g/mol. The summed E-state index contributed by atoms with van der Waals surface area (Å²) in [6.45, 7) is 0. The normalized spacial score (nSPS) is 16.9. The molecule has 0 aliphatic heterocycles. The highest BCUT2D eigenvalue weighted by molar-refractivity contribution is 6.31. The van der Waals surface area contributed by atoms with Crippen LogP contribution in [-0.2, 0) is 11.2 Å². The third-order valence-electron chi connectivity index (χ3n) is 4.92. The van der Waals surface area contributed by atoms with Crippen LogP contribution in [0.4, 0.5) is 17.6 Å². The number of nitrogens with one attached hydrogen (secondary N) is 2. The number of rotatable bonds is 7. The van der Waals surface area contributed by atoms with Crippen LogP contribution in [0.15, 0.2) is 48.5 Å². The highest BCUT2D eigenvalue weighted by atomic mass is 35.5. The van der Waals surface area contributed by atoms with Gasteiger partial charge in [-0.05, 0) is 48.6 Å². The quantitative estimate of drug-likeness (QED) is 0.626. The zero-order valence-electron chi connectivity index (χ0n) is 15.6. The second-order valence-corrected chi connectivity index (χ2v) is 7.63. The van der Waals surface area contributed by atoms with Crippen LogP contribution in [0, 0.1) is 17.1 Å². The van der Waals surface area contributed by atoms with Crippen LogP contribution < -0.4 is 10.6 Å². The average Bonchev–Trinajstić information content (AvgIpc) is 3.46. The molecule has 158 valence electrons. The number of nitriles is 1. The Kier molecular flexibility index (Phi) is 6.34. The summed E-state index contributed by atoms with van der Waals surface area (Å²) in [5, 5.41) is 14.4. The summed E-state index contributed by atoms with van der Waals surface area (Å²) in [4.78, 5) is 12.8. The summed E-state index contributed by atoms with van der Waals surface area (Å²) in [5.41, 5.74) is -0.794. The first-order valence-electron chi connectivity index (χ1n) is 9.18. The van der Waals surface area contributed by atoms with Gasteiger partial charge in [0.25, 0.3) is 0 Å². The minimum atomic E-state index is -4.75. The minimum absolute atomic E-state index is 0.124. The zero-order chi connectivity index (χ0) is 21.9. The maximum atomic E-state index is 13.8. The number of hydrogen-bond donors (Lipinski definition) is 2. The van der Waals surface area contributed by atoms with E-state index in [1.807, 2.05) is 6.07 Å². The second kappa shape index (κ2) is 8.62. The Morgan fingerprint density at radius 3 is 2.33 bits per heavy atom. The van der Waals surface area contributed by atoms with Crippen molar-refractivity contribution >= 4 is 17.5 Å². The number of carbonyl (C=O) groups is 1. The molecule has 1 aliphatic rings. The molecule has 3 rings (SSSR count). The Labute approximate surface area is 175 Å². The van der Waals surface area contributed by atoms with Gasteiger partial charge in [0, 0.05) is 5.02 Å². The molecule has 0 spiro atoms. The lowest BCUT2D eigenvalue weighted by Crippen LogP contribution is -2.52. The Balaban J connectivity index is 1.90. The van der Waals surface area contributed by atoms with E-state index in [9.17, 15) is 27.6 Å². The van der Waals surface area contributed by atoms with Gasteiger partial charge in [-0.2, -0.15) is 18.4 Å². The maximum Gasteiger partial charge on any atom is 0.407 e. The van der Waals surface area contributed by atoms with Gasteiger partial charge >= 0.3 is 6.18 Å². The van der Waals surface area contributed by atoms with Crippen molar-refractivity contribution in [2.75, 3.05) is 0 Å². The van der Waals surface area contributed by atoms with Crippen molar-refractivity contribution in [1.82, 2.24) is 10.6 Å². The molecular formula is C21H18ClF4N3O. The van der Waals surface area contributed by atoms with Crippen molar-refractivity contribution in [2.24, 2.45) is 0 Å². The lowest BCUT2D eigenvalue weighted by Gasteiger charge is -2.28. The van der Waals surface area contributed by atoms with Gasteiger partial charge in [0.1, 0.15) is 17.4 Å². The number of benzene rings is 2. The molecule has 2 N–H and O–H groups in total. The van der Waals surface area contributed by atoms with Gasteiger partial charge < -0.3 is 5.32 Å². The number of carbonyl (C=O) groups excluding carboxylic acids is 1. The third kappa shape index (κ3) is 5.29. The van der Waals surface area contributed by atoms with Crippen LogP contribution in [0.5, 0.6) is 0 Å². The predicted octanol–water partition coefficient (Wildman–Crippen LogP) is 4.46. The lowest BCUT2D eigenvalue weighted by molar-refractivity contribution is -0.161. The Morgan fingerprint density at radius 1 is 1.17 bits per heavy atom. The first kappa shape index (κ1) is 22.1. The molecule has 0 aromatic heterocycles. The first-order chi connectivity index (χ1) is 14.1. The van der Waals surface area contributed by atoms with Crippen LogP contribution in [-0.4, -0.2) is 23.7 Å². The molecule has 30 heavy (non-hydrogen) atoms. The molecule has 1 amide bonds. The smallest absolute Gasteiger partial charge is 0.336 e. The van der Waals surface area contributed by atoms with Crippen molar-refractivity contribution < 1.29 is 22.4 Å². The second-order valence-electron chi connectivity index (χ2n) is 7.22. The summed E-state index contributed by atoms with van der Waals surface area (Å²) < 4.78 is 54.6. The number of alkyl halides is 3. The number of nitrogens with zero attached hydrogens (tertiary/aromatic N) is 1. The van der Waals surface area contributed by atoms with E-state index >= 15 is 0 Å². The van der Waals surface area contributed by atoms with Gasteiger partial charge in [-0.25, -0.2) is 4.39 Å². The van der Waals surface area contributed by atoms with Crippen LogP contribution >= 0.6 is 11.6 Å². The summed E-state index contributed by atoms with van der Waals surface area (Å²) >= 11 is 6.13. The largest absolute Gasteiger partial charge is 0.407 e. The van der Waals surface area contributed by atoms with Crippen LogP contribution in [0.2, 0.25) is 5.02 Å². The van der Waals surface area contributed by atoms with E-state index in [2.05, 4.69) is 10.6 Å². The van der Waals surface area contributed by atoms with Gasteiger partial charge in [-0.3, -0.25) is 10.1 Å². The van der Waals surface area contributed by atoms with E-state index in [-0.39, 0.29) is 12.0 Å². The Hall–Kier alpha value is -2.63. The van der Waals surface area contributed by atoms with Crippen LogP contribution in [0.1, 0.15) is 30.0 Å². The zero-order valence-corrected chi connectivity index (χ0v) is 16.4. The highest BCUT2D eigenvalue weighted by Crippen LogP contribution is 2.36. The van der Waals surface area contributed by atoms with Gasteiger partial charge in [0.05, 0.1) is 12.1 Å². The molecule has 2 atom stereocenters. The molecule has 2 aromatic rings. The minimum Gasteiger partial charge on any atom is -0.336 e. The molecule has 1 fully saturated rings.